The van der Waals surface area contributed by atoms with Crippen LogP contribution in [-0.4, -0.2) is 74.5 Å². The van der Waals surface area contributed by atoms with Gasteiger partial charge in [-0.2, -0.15) is 13.0 Å². The van der Waals surface area contributed by atoms with Crippen molar-refractivity contribution in [3.05, 3.63) is 179 Å². The molecule has 15 heteroatoms. The van der Waals surface area contributed by atoms with Gasteiger partial charge in [-0.1, -0.05) is 80.6 Å². The number of ether oxygens (including phenoxy) is 2. The third-order valence-corrected chi connectivity index (χ3v) is 15.5. The summed E-state index contributed by atoms with van der Waals surface area (Å²) >= 11 is 0. The summed E-state index contributed by atoms with van der Waals surface area (Å²) < 4.78 is 83.6. The zero-order valence-corrected chi connectivity index (χ0v) is 42.5. The van der Waals surface area contributed by atoms with E-state index >= 15 is 0 Å². The van der Waals surface area contributed by atoms with Crippen LogP contribution in [0.25, 0.3) is 21.5 Å². The van der Waals surface area contributed by atoms with Crippen molar-refractivity contribution in [2.24, 2.45) is 0 Å². The van der Waals surface area contributed by atoms with Gasteiger partial charge in [0.05, 0.1) is 27.4 Å². The fourth-order valence-electron chi connectivity index (χ4n) is 10.7. The molecule has 0 unspecified atom stereocenters. The van der Waals surface area contributed by atoms with E-state index in [1.807, 2.05) is 60.7 Å². The summed E-state index contributed by atoms with van der Waals surface area (Å²) in [6.45, 7) is 12.2. The highest BCUT2D eigenvalue weighted by Gasteiger charge is 2.46. The van der Waals surface area contributed by atoms with Crippen LogP contribution in [0.3, 0.4) is 0 Å². The zero-order valence-electron chi connectivity index (χ0n) is 40.9. The second-order valence-electron chi connectivity index (χ2n) is 19.2. The highest BCUT2D eigenvalue weighted by Crippen LogP contribution is 2.52. The van der Waals surface area contributed by atoms with Gasteiger partial charge < -0.3 is 23.8 Å². The summed E-state index contributed by atoms with van der Waals surface area (Å²) in [5.74, 6) is -0.788. The molecule has 72 heavy (non-hydrogen) atoms. The van der Waals surface area contributed by atoms with Crippen LogP contribution < -0.4 is 9.80 Å². The highest BCUT2D eigenvalue weighted by atomic mass is 32.2. The van der Waals surface area contributed by atoms with Crippen LogP contribution in [0.2, 0.25) is 0 Å². The maximum Gasteiger partial charge on any atom is 0.302 e. The van der Waals surface area contributed by atoms with E-state index in [1.165, 1.54) is 38.1 Å². The molecule has 0 saturated heterocycles. The lowest BCUT2D eigenvalue weighted by molar-refractivity contribution is -0.440. The van der Waals surface area contributed by atoms with Crippen molar-refractivity contribution >= 4 is 82.2 Å². The van der Waals surface area contributed by atoms with E-state index in [9.17, 15) is 35.5 Å². The lowest BCUT2D eigenvalue weighted by atomic mass is 9.79. The first kappa shape index (κ1) is 49.8. The molecule has 1 N–H and O–H groups in total. The molecule has 0 fully saturated rings. The molecule has 0 saturated carbocycles. The second-order valence-corrected chi connectivity index (χ2v) is 22.0. The summed E-state index contributed by atoms with van der Waals surface area (Å²) in [5, 5.41) is 2.91. The highest BCUT2D eigenvalue weighted by molar-refractivity contribution is 7.86. The summed E-state index contributed by atoms with van der Waals surface area (Å²) in [4.78, 5) is 28.0. The molecule has 0 amide bonds. The standard InChI is InChI=1S/C57H55N3O10S2/c1-37(61)69-33-31-58-49-27-19-41-35-45(71(63,64)65)23-25-47(41)53(49)56(3,4)51(58)29-21-39-17-18-40(55(39)60(43-13-9-7-10-14-43)44-15-11-8-12-16-44)22-30-52-57(5,6)54-48-26-24-46(72(66,67)68)36-42(48)20-28-50(54)59(52)32-34-70-38(2)62/h7-16,19-30,35-36H,17-18,31-34H2,1-6H3,(H-,63,64,65,66,67,68). The van der Waals surface area contributed by atoms with Crippen molar-refractivity contribution in [2.75, 3.05) is 36.1 Å². The molecule has 2 aliphatic heterocycles. The molecular formula is C57H55N3O10S2. The Morgan fingerprint density at radius 3 is 1.90 bits per heavy atom. The average molecular weight is 1010 g/mol. The zero-order chi connectivity index (χ0) is 51.3. The molecule has 6 aromatic rings. The second kappa shape index (κ2) is 19.1. The number of benzene rings is 6. The van der Waals surface area contributed by atoms with E-state index in [2.05, 4.69) is 90.6 Å². The third kappa shape index (κ3) is 9.40. The summed E-state index contributed by atoms with van der Waals surface area (Å²) in [6, 6.07) is 37.0. The average Bonchev–Trinajstić information content (AvgIpc) is 3.90. The van der Waals surface area contributed by atoms with E-state index in [0.717, 1.165) is 72.9 Å². The molecule has 0 radical (unpaired) electrons. The Hall–Kier alpha value is -7.17. The largest absolute Gasteiger partial charge is 0.744 e. The summed E-state index contributed by atoms with van der Waals surface area (Å²) in [5.41, 5.74) is 9.30. The quantitative estimate of drug-likeness (QED) is 0.0622. The Bertz CT molecular complexity index is 3560. The number of esters is 2. The Morgan fingerprint density at radius 2 is 1.29 bits per heavy atom. The van der Waals surface area contributed by atoms with Crippen LogP contribution in [0.15, 0.2) is 178 Å². The van der Waals surface area contributed by atoms with Gasteiger partial charge in [0.15, 0.2) is 18.9 Å². The van der Waals surface area contributed by atoms with Gasteiger partial charge in [-0.15, -0.1) is 0 Å². The molecule has 0 aromatic heterocycles. The Balaban J connectivity index is 1.22. The lowest BCUT2D eigenvalue weighted by Gasteiger charge is -2.29. The van der Waals surface area contributed by atoms with Gasteiger partial charge >= 0.3 is 11.9 Å². The van der Waals surface area contributed by atoms with Crippen molar-refractivity contribution in [1.29, 1.82) is 0 Å². The van der Waals surface area contributed by atoms with Gasteiger partial charge in [0, 0.05) is 59.7 Å². The third-order valence-electron chi connectivity index (χ3n) is 13.9. The van der Waals surface area contributed by atoms with Crippen molar-refractivity contribution in [3.8, 4) is 0 Å². The minimum absolute atomic E-state index is 0.123. The van der Waals surface area contributed by atoms with Crippen molar-refractivity contribution in [3.63, 3.8) is 0 Å². The minimum Gasteiger partial charge on any atom is -0.744 e. The molecule has 9 rings (SSSR count). The number of carbonyl (C=O) groups is 2. The molecule has 1 aliphatic carbocycles. The maximum absolute atomic E-state index is 12.2. The van der Waals surface area contributed by atoms with Crippen molar-refractivity contribution in [2.45, 2.75) is 75.0 Å². The smallest absolute Gasteiger partial charge is 0.302 e. The van der Waals surface area contributed by atoms with Crippen LogP contribution in [0.5, 0.6) is 0 Å². The number of nitrogens with zero attached hydrogens (tertiary/aromatic N) is 3. The first-order valence-electron chi connectivity index (χ1n) is 23.7. The maximum atomic E-state index is 12.2. The molecule has 0 spiro atoms. The van der Waals surface area contributed by atoms with Crippen molar-refractivity contribution < 1.29 is 49.6 Å². The van der Waals surface area contributed by atoms with Crippen LogP contribution in [0, 0.1) is 0 Å². The Morgan fingerprint density at radius 1 is 0.708 bits per heavy atom. The van der Waals surface area contributed by atoms with Gasteiger partial charge in [-0.25, -0.2) is 8.42 Å². The van der Waals surface area contributed by atoms with Crippen LogP contribution in [-0.2, 0) is 50.1 Å². The van der Waals surface area contributed by atoms with Gasteiger partial charge in [0.1, 0.15) is 16.7 Å². The van der Waals surface area contributed by atoms with Crippen LogP contribution in [0.1, 0.15) is 65.5 Å². The Kier molecular flexibility index (Phi) is 13.2. The molecule has 6 aromatic carbocycles. The molecular weight excluding hydrogens is 951 g/mol. The topological polar surface area (TPSA) is 174 Å². The van der Waals surface area contributed by atoms with Gasteiger partial charge in [0.25, 0.3) is 10.1 Å². The number of para-hydroxylation sites is 2. The van der Waals surface area contributed by atoms with E-state index in [4.69, 9.17) is 9.47 Å². The lowest BCUT2D eigenvalue weighted by Crippen LogP contribution is -2.29. The molecule has 370 valence electrons. The van der Waals surface area contributed by atoms with E-state index in [1.54, 1.807) is 12.1 Å². The predicted octanol–water partition coefficient (Wildman–Crippen LogP) is 10.7. The number of anilines is 3. The van der Waals surface area contributed by atoms with Crippen LogP contribution >= 0.6 is 0 Å². The Labute approximate surface area is 420 Å². The number of carbonyl (C=O) groups excluding carboxylic acids is 2. The number of hydrogen-bond acceptors (Lipinski definition) is 11. The fourth-order valence-corrected chi connectivity index (χ4v) is 11.8. The number of fused-ring (bicyclic) bond motifs is 6. The summed E-state index contributed by atoms with van der Waals surface area (Å²) in [7, 11) is -9.13. The fraction of sp³-hybridized carbons (Fsp3) is 0.246. The van der Waals surface area contributed by atoms with E-state index in [-0.39, 0.29) is 23.0 Å². The van der Waals surface area contributed by atoms with Crippen LogP contribution in [0.4, 0.5) is 22.7 Å². The van der Waals surface area contributed by atoms with E-state index in [0.29, 0.717) is 36.7 Å². The normalized spacial score (nSPS) is 17.4. The number of allylic oxidation sites excluding steroid dienone is 7. The molecule has 0 atom stereocenters. The van der Waals surface area contributed by atoms with Gasteiger partial charge in [0.2, 0.25) is 5.69 Å². The molecule has 0 bridgehead atoms. The number of hydrogen-bond donors (Lipinski definition) is 1. The predicted molar refractivity (Wildman–Crippen MR) is 279 cm³/mol. The monoisotopic (exact) mass is 1010 g/mol. The summed E-state index contributed by atoms with van der Waals surface area (Å²) in [6.07, 6.45) is 9.98. The van der Waals surface area contributed by atoms with Gasteiger partial charge in [-0.05, 0) is 132 Å². The van der Waals surface area contributed by atoms with Gasteiger partial charge in [-0.3, -0.25) is 14.1 Å². The molecule has 2 heterocycles. The molecule has 13 nitrogen and oxygen atoms in total. The van der Waals surface area contributed by atoms with Crippen molar-refractivity contribution in [1.82, 2.24) is 0 Å². The first-order valence-corrected chi connectivity index (χ1v) is 26.5. The molecule has 3 aliphatic rings. The minimum atomic E-state index is -4.69. The SMILES string of the molecule is CC(=O)OCCN1/C(=C/C=C2\CCC(/C=C/C3=[N+](CCOC(C)=O)c4ccc5cc(S(=O)(=O)[O-])ccc5c4C3(C)C)=C2N(c2ccccc2)c2ccccc2)C(C)(C)c2c1ccc1cc(S(=O)(=O)O)ccc21. The first-order chi connectivity index (χ1) is 34.2. The number of rotatable bonds is 14. The van der Waals surface area contributed by atoms with E-state index < -0.39 is 43.0 Å².